The first-order chi connectivity index (χ1) is 8.62. The van der Waals surface area contributed by atoms with E-state index in [4.69, 9.17) is 5.73 Å². The first-order valence-electron chi connectivity index (χ1n) is 6.14. The zero-order valence-corrected chi connectivity index (χ0v) is 12.9. The Bertz CT molecular complexity index is 473. The number of carbonyl (C=O) groups is 1. The molecule has 0 heterocycles. The number of benzene rings is 1. The van der Waals surface area contributed by atoms with Crippen LogP contribution in [0, 0.1) is 17.0 Å². The van der Waals surface area contributed by atoms with Gasteiger partial charge in [-0.15, -0.1) is 12.4 Å². The molecule has 1 aromatic carbocycles. The zero-order chi connectivity index (χ0) is 14.8. The van der Waals surface area contributed by atoms with E-state index in [9.17, 15) is 13.6 Å². The average Bonchev–Trinajstić information content (AvgIpc) is 2.24. The van der Waals surface area contributed by atoms with Gasteiger partial charge in [-0.3, -0.25) is 4.79 Å². The number of amides is 1. The van der Waals surface area contributed by atoms with Gasteiger partial charge in [-0.05, 0) is 18.4 Å². The molecule has 3 N–H and O–H groups in total. The van der Waals surface area contributed by atoms with Gasteiger partial charge in [0, 0.05) is 11.6 Å². The molecule has 1 aromatic rings. The lowest BCUT2D eigenvalue weighted by Crippen LogP contribution is -2.44. The molecule has 1 unspecified atom stereocenters. The SMILES string of the molecule is C[C@H](N)C(=O)NC(c1ccc(F)cc1F)C(C)(C)C.Cl. The maximum atomic E-state index is 13.9. The van der Waals surface area contributed by atoms with Gasteiger partial charge in [0.2, 0.25) is 5.91 Å². The lowest BCUT2D eigenvalue weighted by molar-refractivity contribution is -0.123. The topological polar surface area (TPSA) is 55.1 Å². The minimum Gasteiger partial charge on any atom is -0.347 e. The number of rotatable bonds is 3. The summed E-state index contributed by atoms with van der Waals surface area (Å²) in [4.78, 5) is 11.7. The van der Waals surface area contributed by atoms with Crippen LogP contribution in [0.2, 0.25) is 0 Å². The molecule has 0 saturated carbocycles. The van der Waals surface area contributed by atoms with Crippen LogP contribution in [0.15, 0.2) is 18.2 Å². The summed E-state index contributed by atoms with van der Waals surface area (Å²) in [5.41, 5.74) is 5.33. The summed E-state index contributed by atoms with van der Waals surface area (Å²) in [5.74, 6) is -1.69. The summed E-state index contributed by atoms with van der Waals surface area (Å²) in [5, 5.41) is 2.71. The van der Waals surface area contributed by atoms with Gasteiger partial charge in [0.15, 0.2) is 0 Å². The second kappa shape index (κ2) is 6.99. The third-order valence-corrected chi connectivity index (χ3v) is 2.84. The highest BCUT2D eigenvalue weighted by atomic mass is 35.5. The lowest BCUT2D eigenvalue weighted by Gasteiger charge is -2.32. The molecular weight excluding hydrogens is 286 g/mol. The highest BCUT2D eigenvalue weighted by molar-refractivity contribution is 5.85. The second-order valence-corrected chi connectivity index (χ2v) is 5.76. The van der Waals surface area contributed by atoms with E-state index in [2.05, 4.69) is 5.32 Å². The van der Waals surface area contributed by atoms with Crippen molar-refractivity contribution in [1.29, 1.82) is 0 Å². The van der Waals surface area contributed by atoms with E-state index in [-0.39, 0.29) is 23.9 Å². The number of hydrogen-bond donors (Lipinski definition) is 2. The molecule has 0 aromatic heterocycles. The van der Waals surface area contributed by atoms with E-state index >= 15 is 0 Å². The molecule has 0 fully saturated rings. The monoisotopic (exact) mass is 306 g/mol. The Morgan fingerprint density at radius 3 is 2.25 bits per heavy atom. The number of halogens is 3. The van der Waals surface area contributed by atoms with E-state index in [1.54, 1.807) is 6.92 Å². The average molecular weight is 307 g/mol. The van der Waals surface area contributed by atoms with Gasteiger partial charge in [-0.25, -0.2) is 8.78 Å². The Morgan fingerprint density at radius 2 is 1.85 bits per heavy atom. The smallest absolute Gasteiger partial charge is 0.237 e. The Morgan fingerprint density at radius 1 is 1.30 bits per heavy atom. The second-order valence-electron chi connectivity index (χ2n) is 5.76. The summed E-state index contributed by atoms with van der Waals surface area (Å²) >= 11 is 0. The van der Waals surface area contributed by atoms with Crippen LogP contribution in [0.4, 0.5) is 8.78 Å². The van der Waals surface area contributed by atoms with Crippen LogP contribution in [-0.2, 0) is 4.79 Å². The first kappa shape index (κ1) is 18.8. The van der Waals surface area contributed by atoms with Gasteiger partial charge in [-0.2, -0.15) is 0 Å². The molecule has 1 amide bonds. The molecule has 6 heteroatoms. The van der Waals surface area contributed by atoms with E-state index < -0.39 is 29.1 Å². The van der Waals surface area contributed by atoms with Gasteiger partial charge in [0.05, 0.1) is 12.1 Å². The van der Waals surface area contributed by atoms with Crippen molar-refractivity contribution in [2.45, 2.75) is 39.8 Å². The van der Waals surface area contributed by atoms with Gasteiger partial charge >= 0.3 is 0 Å². The van der Waals surface area contributed by atoms with Crippen LogP contribution in [0.3, 0.4) is 0 Å². The van der Waals surface area contributed by atoms with Crippen molar-refractivity contribution in [3.8, 4) is 0 Å². The van der Waals surface area contributed by atoms with Crippen molar-refractivity contribution in [1.82, 2.24) is 5.32 Å². The van der Waals surface area contributed by atoms with Gasteiger partial charge in [-0.1, -0.05) is 26.8 Å². The van der Waals surface area contributed by atoms with Gasteiger partial charge in [0.25, 0.3) is 0 Å². The molecule has 1 rings (SSSR count). The number of hydrogen-bond acceptors (Lipinski definition) is 2. The highest BCUT2D eigenvalue weighted by Gasteiger charge is 2.30. The quantitative estimate of drug-likeness (QED) is 0.902. The summed E-state index contributed by atoms with van der Waals surface area (Å²) in [7, 11) is 0. The fourth-order valence-electron chi connectivity index (χ4n) is 1.77. The Kier molecular flexibility index (Phi) is 6.58. The van der Waals surface area contributed by atoms with Crippen molar-refractivity contribution >= 4 is 18.3 Å². The summed E-state index contributed by atoms with van der Waals surface area (Å²) in [6, 6.07) is 2.07. The first-order valence-corrected chi connectivity index (χ1v) is 6.14. The molecule has 0 radical (unpaired) electrons. The predicted molar refractivity (Wildman–Crippen MR) is 77.6 cm³/mol. The third-order valence-electron chi connectivity index (χ3n) is 2.84. The van der Waals surface area contributed by atoms with Crippen LogP contribution >= 0.6 is 12.4 Å². The lowest BCUT2D eigenvalue weighted by atomic mass is 9.82. The normalized spacial score (nSPS) is 14.2. The molecule has 0 bridgehead atoms. The van der Waals surface area contributed by atoms with E-state index in [1.165, 1.54) is 12.1 Å². The molecule has 20 heavy (non-hydrogen) atoms. The van der Waals surface area contributed by atoms with Crippen LogP contribution < -0.4 is 11.1 Å². The van der Waals surface area contributed by atoms with Crippen molar-refractivity contribution < 1.29 is 13.6 Å². The van der Waals surface area contributed by atoms with Crippen LogP contribution in [0.25, 0.3) is 0 Å². The number of carbonyl (C=O) groups excluding carboxylic acids is 1. The maximum absolute atomic E-state index is 13.9. The molecule has 0 aliphatic heterocycles. The zero-order valence-electron chi connectivity index (χ0n) is 12.0. The molecule has 0 aliphatic carbocycles. The largest absolute Gasteiger partial charge is 0.347 e. The van der Waals surface area contributed by atoms with Crippen molar-refractivity contribution in [2.24, 2.45) is 11.1 Å². The van der Waals surface area contributed by atoms with E-state index in [0.717, 1.165) is 6.07 Å². The van der Waals surface area contributed by atoms with Crippen LogP contribution in [0.1, 0.15) is 39.3 Å². The van der Waals surface area contributed by atoms with Crippen molar-refractivity contribution in [2.75, 3.05) is 0 Å². The fraction of sp³-hybridized carbons (Fsp3) is 0.500. The van der Waals surface area contributed by atoms with Gasteiger partial charge < -0.3 is 11.1 Å². The molecule has 0 aliphatic rings. The van der Waals surface area contributed by atoms with E-state index in [1.807, 2.05) is 20.8 Å². The van der Waals surface area contributed by atoms with Crippen molar-refractivity contribution in [3.63, 3.8) is 0 Å². The molecule has 3 nitrogen and oxygen atoms in total. The summed E-state index contributed by atoms with van der Waals surface area (Å²) in [6.45, 7) is 7.14. The third kappa shape index (κ3) is 4.72. The minimum atomic E-state index is -0.687. The molecule has 2 atom stereocenters. The van der Waals surface area contributed by atoms with Gasteiger partial charge in [0.1, 0.15) is 11.6 Å². The predicted octanol–water partition coefficient (Wildman–Crippen LogP) is 2.94. The standard InChI is InChI=1S/C14H20F2N2O.ClH/c1-8(17)13(19)18-12(14(2,3)4)10-6-5-9(15)7-11(10)16;/h5-8,12H,17H2,1-4H3,(H,18,19);1H/t8-,12?;/m0./s1. The van der Waals surface area contributed by atoms with Crippen LogP contribution in [-0.4, -0.2) is 11.9 Å². The van der Waals surface area contributed by atoms with E-state index in [0.29, 0.717) is 0 Å². The minimum absolute atomic E-state index is 0. The molecule has 0 spiro atoms. The van der Waals surface area contributed by atoms with Crippen molar-refractivity contribution in [3.05, 3.63) is 35.4 Å². The Labute approximate surface area is 124 Å². The highest BCUT2D eigenvalue weighted by Crippen LogP contribution is 2.34. The summed E-state index contributed by atoms with van der Waals surface area (Å²) < 4.78 is 26.8. The maximum Gasteiger partial charge on any atom is 0.237 e. The number of nitrogens with two attached hydrogens (primary N) is 1. The fourth-order valence-corrected chi connectivity index (χ4v) is 1.77. The number of nitrogens with one attached hydrogen (secondary N) is 1. The molecular formula is C14H21ClF2N2O. The Hall–Kier alpha value is -1.20. The van der Waals surface area contributed by atoms with Crippen LogP contribution in [0.5, 0.6) is 0 Å². The molecule has 114 valence electrons. The Balaban J connectivity index is 0.00000361. The summed E-state index contributed by atoms with van der Waals surface area (Å²) in [6.07, 6.45) is 0. The molecule has 0 saturated heterocycles.